The molecule has 1 aliphatic heterocycles. The van der Waals surface area contributed by atoms with Crippen LogP contribution in [0.4, 0.5) is 0 Å². The number of rotatable bonds is 4. The van der Waals surface area contributed by atoms with Gasteiger partial charge >= 0.3 is 5.97 Å². The molecule has 1 aromatic rings. The van der Waals surface area contributed by atoms with Gasteiger partial charge in [-0.2, -0.15) is 0 Å². The van der Waals surface area contributed by atoms with Gasteiger partial charge in [0.2, 0.25) is 0 Å². The number of carbonyl (C=O) groups is 1. The molecule has 2 fully saturated rings. The standard InChI is InChI=1S/C16H21NO3/c1-11-8-17(10-16(11,20)13-6-7-13)9-12-4-2-3-5-14(12)15(18)19/h2-5,11,13,20H,6-10H2,1H3,(H,18,19)/t11-,16+/m0/s1. The van der Waals surface area contributed by atoms with Crippen LogP contribution in [0.1, 0.15) is 35.7 Å². The minimum absolute atomic E-state index is 0.256. The van der Waals surface area contributed by atoms with Crippen LogP contribution >= 0.6 is 0 Å². The third-order valence-corrected chi connectivity index (χ3v) is 4.79. The summed E-state index contributed by atoms with van der Waals surface area (Å²) < 4.78 is 0. The summed E-state index contributed by atoms with van der Waals surface area (Å²) in [5, 5.41) is 20.0. The zero-order chi connectivity index (χ0) is 14.3. The first kappa shape index (κ1) is 13.6. The molecule has 20 heavy (non-hydrogen) atoms. The Morgan fingerprint density at radius 1 is 1.40 bits per heavy atom. The van der Waals surface area contributed by atoms with Crippen LogP contribution in [-0.2, 0) is 6.54 Å². The molecule has 3 rings (SSSR count). The summed E-state index contributed by atoms with van der Waals surface area (Å²) in [7, 11) is 0. The average molecular weight is 275 g/mol. The molecule has 0 radical (unpaired) electrons. The lowest BCUT2D eigenvalue weighted by molar-refractivity contribution is -0.00444. The number of hydrogen-bond donors (Lipinski definition) is 2. The van der Waals surface area contributed by atoms with Crippen molar-refractivity contribution >= 4 is 5.97 Å². The quantitative estimate of drug-likeness (QED) is 0.882. The molecule has 108 valence electrons. The molecule has 1 saturated heterocycles. The third kappa shape index (κ3) is 2.34. The Balaban J connectivity index is 1.75. The molecule has 0 unspecified atom stereocenters. The van der Waals surface area contributed by atoms with Gasteiger partial charge in [-0.25, -0.2) is 4.79 Å². The maximum absolute atomic E-state index is 11.2. The highest BCUT2D eigenvalue weighted by Crippen LogP contribution is 2.47. The van der Waals surface area contributed by atoms with E-state index < -0.39 is 11.6 Å². The maximum atomic E-state index is 11.2. The van der Waals surface area contributed by atoms with E-state index in [4.69, 9.17) is 0 Å². The molecule has 1 aromatic carbocycles. The van der Waals surface area contributed by atoms with Crippen LogP contribution in [0.3, 0.4) is 0 Å². The van der Waals surface area contributed by atoms with Gasteiger partial charge in [-0.1, -0.05) is 25.1 Å². The van der Waals surface area contributed by atoms with Crippen molar-refractivity contribution < 1.29 is 15.0 Å². The Morgan fingerprint density at radius 3 is 2.75 bits per heavy atom. The van der Waals surface area contributed by atoms with E-state index in [2.05, 4.69) is 11.8 Å². The van der Waals surface area contributed by atoms with Gasteiger partial charge in [-0.3, -0.25) is 4.90 Å². The lowest BCUT2D eigenvalue weighted by Gasteiger charge is -2.27. The van der Waals surface area contributed by atoms with Crippen LogP contribution in [0.15, 0.2) is 24.3 Å². The van der Waals surface area contributed by atoms with Crippen LogP contribution in [-0.4, -0.2) is 39.8 Å². The minimum atomic E-state index is -0.884. The normalized spacial score (nSPS) is 30.6. The van der Waals surface area contributed by atoms with E-state index in [0.29, 0.717) is 24.6 Å². The van der Waals surface area contributed by atoms with Gasteiger partial charge in [0, 0.05) is 19.6 Å². The van der Waals surface area contributed by atoms with E-state index in [0.717, 1.165) is 24.9 Å². The van der Waals surface area contributed by atoms with Gasteiger partial charge in [0.25, 0.3) is 0 Å². The molecular weight excluding hydrogens is 254 g/mol. The summed E-state index contributed by atoms with van der Waals surface area (Å²) >= 11 is 0. The molecule has 0 amide bonds. The fourth-order valence-electron chi connectivity index (χ4n) is 3.47. The number of β-amino-alcohol motifs (C(OH)–C–C–N with tert-alkyl or cyclic N) is 1. The van der Waals surface area contributed by atoms with Crippen molar-refractivity contribution in [2.24, 2.45) is 11.8 Å². The van der Waals surface area contributed by atoms with Crippen molar-refractivity contribution in [3.05, 3.63) is 35.4 Å². The second-order valence-corrected chi connectivity index (χ2v) is 6.30. The monoisotopic (exact) mass is 275 g/mol. The van der Waals surface area contributed by atoms with Crippen molar-refractivity contribution in [1.29, 1.82) is 0 Å². The molecular formula is C16H21NO3. The third-order valence-electron chi connectivity index (χ3n) is 4.79. The average Bonchev–Trinajstić information content (AvgIpc) is 3.19. The van der Waals surface area contributed by atoms with E-state index in [1.807, 2.05) is 12.1 Å². The molecule has 0 aromatic heterocycles. The first-order valence-corrected chi connectivity index (χ1v) is 7.26. The molecule has 2 aliphatic rings. The van der Waals surface area contributed by atoms with Crippen LogP contribution in [0.2, 0.25) is 0 Å². The van der Waals surface area contributed by atoms with Gasteiger partial charge in [0.1, 0.15) is 0 Å². The van der Waals surface area contributed by atoms with Crippen molar-refractivity contribution in [2.75, 3.05) is 13.1 Å². The Morgan fingerprint density at radius 2 is 2.10 bits per heavy atom. The van der Waals surface area contributed by atoms with Crippen molar-refractivity contribution in [3.8, 4) is 0 Å². The highest BCUT2D eigenvalue weighted by Gasteiger charge is 2.52. The Labute approximate surface area is 119 Å². The molecule has 2 N–H and O–H groups in total. The Kier molecular flexibility index (Phi) is 3.30. The number of carboxylic acids is 1. The fraction of sp³-hybridized carbons (Fsp3) is 0.562. The lowest BCUT2D eigenvalue weighted by atomic mass is 9.88. The van der Waals surface area contributed by atoms with Gasteiger partial charge in [-0.15, -0.1) is 0 Å². The van der Waals surface area contributed by atoms with Crippen molar-refractivity contribution in [3.63, 3.8) is 0 Å². The Bertz CT molecular complexity index is 526. The second-order valence-electron chi connectivity index (χ2n) is 6.30. The number of hydrogen-bond acceptors (Lipinski definition) is 3. The summed E-state index contributed by atoms with van der Waals surface area (Å²) in [5.41, 5.74) is 0.618. The molecule has 4 nitrogen and oxygen atoms in total. The smallest absolute Gasteiger partial charge is 0.336 e. The molecule has 0 bridgehead atoms. The highest BCUT2D eigenvalue weighted by molar-refractivity contribution is 5.89. The van der Waals surface area contributed by atoms with E-state index in [9.17, 15) is 15.0 Å². The molecule has 1 aliphatic carbocycles. The molecule has 2 atom stereocenters. The van der Waals surface area contributed by atoms with Crippen molar-refractivity contribution in [1.82, 2.24) is 4.90 Å². The zero-order valence-corrected chi connectivity index (χ0v) is 11.7. The number of aromatic carboxylic acids is 1. The number of benzene rings is 1. The second kappa shape index (κ2) is 4.86. The number of likely N-dealkylation sites (tertiary alicyclic amines) is 1. The predicted molar refractivity (Wildman–Crippen MR) is 75.5 cm³/mol. The summed E-state index contributed by atoms with van der Waals surface area (Å²) in [6, 6.07) is 7.13. The van der Waals surface area contributed by atoms with E-state index in [1.165, 1.54) is 0 Å². The number of carboxylic acid groups (broad SMARTS) is 1. The zero-order valence-electron chi connectivity index (χ0n) is 11.7. The molecule has 1 saturated carbocycles. The van der Waals surface area contributed by atoms with Crippen LogP contribution in [0.5, 0.6) is 0 Å². The number of nitrogens with zero attached hydrogens (tertiary/aromatic N) is 1. The predicted octanol–water partition coefficient (Wildman–Crippen LogP) is 1.98. The van der Waals surface area contributed by atoms with Gasteiger partial charge in [-0.05, 0) is 36.3 Å². The van der Waals surface area contributed by atoms with Crippen LogP contribution in [0.25, 0.3) is 0 Å². The van der Waals surface area contributed by atoms with Crippen LogP contribution in [0, 0.1) is 11.8 Å². The highest BCUT2D eigenvalue weighted by atomic mass is 16.4. The minimum Gasteiger partial charge on any atom is -0.478 e. The molecule has 1 heterocycles. The summed E-state index contributed by atoms with van der Waals surface area (Å²) in [5.74, 6) is -0.186. The number of aliphatic hydroxyl groups is 1. The Hall–Kier alpha value is -1.39. The first-order chi connectivity index (χ1) is 9.50. The summed E-state index contributed by atoms with van der Waals surface area (Å²) in [6.45, 7) is 4.19. The van der Waals surface area contributed by atoms with Gasteiger partial charge < -0.3 is 10.2 Å². The topological polar surface area (TPSA) is 60.8 Å². The summed E-state index contributed by atoms with van der Waals surface area (Å²) in [4.78, 5) is 13.4. The summed E-state index contributed by atoms with van der Waals surface area (Å²) in [6.07, 6.45) is 2.25. The van der Waals surface area contributed by atoms with Crippen LogP contribution < -0.4 is 0 Å². The fourth-order valence-corrected chi connectivity index (χ4v) is 3.47. The molecule has 4 heteroatoms. The van der Waals surface area contributed by atoms with Gasteiger partial charge in [0.15, 0.2) is 0 Å². The SMILES string of the molecule is C[C@H]1CN(Cc2ccccc2C(=O)O)C[C@]1(O)C1CC1. The van der Waals surface area contributed by atoms with Gasteiger partial charge in [0.05, 0.1) is 11.2 Å². The van der Waals surface area contributed by atoms with E-state index >= 15 is 0 Å². The van der Waals surface area contributed by atoms with Crippen molar-refractivity contribution in [2.45, 2.75) is 31.9 Å². The first-order valence-electron chi connectivity index (χ1n) is 7.26. The lowest BCUT2D eigenvalue weighted by Crippen LogP contribution is -2.39. The maximum Gasteiger partial charge on any atom is 0.336 e. The molecule has 0 spiro atoms. The largest absolute Gasteiger partial charge is 0.478 e. The van der Waals surface area contributed by atoms with E-state index in [-0.39, 0.29) is 5.92 Å². The van der Waals surface area contributed by atoms with E-state index in [1.54, 1.807) is 12.1 Å².